The second-order valence-electron chi connectivity index (χ2n) is 9.04. The van der Waals surface area contributed by atoms with E-state index in [-0.39, 0.29) is 5.92 Å². The number of carbonyl (C=O) groups is 1. The molecule has 2 aliphatic rings. The fraction of sp³-hybridized carbons (Fsp3) is 0.500. The van der Waals surface area contributed by atoms with Crippen molar-refractivity contribution in [2.75, 3.05) is 18.0 Å². The average Bonchev–Trinajstić information content (AvgIpc) is 2.76. The molecule has 0 bridgehead atoms. The Morgan fingerprint density at radius 2 is 1.55 bits per heavy atom. The highest BCUT2D eigenvalue weighted by atomic mass is 16.4. The summed E-state index contributed by atoms with van der Waals surface area (Å²) in [4.78, 5) is 13.7. The fourth-order valence-electron chi connectivity index (χ4n) is 5.42. The van der Waals surface area contributed by atoms with Crippen LogP contribution in [0, 0.1) is 24.7 Å². The molecule has 0 amide bonds. The van der Waals surface area contributed by atoms with E-state index in [0.717, 1.165) is 50.6 Å². The Morgan fingerprint density at radius 3 is 2.21 bits per heavy atom. The first-order chi connectivity index (χ1) is 14.1. The van der Waals surface area contributed by atoms with Gasteiger partial charge in [-0.05, 0) is 86.5 Å². The van der Waals surface area contributed by atoms with Crippen LogP contribution in [0.15, 0.2) is 48.5 Å². The van der Waals surface area contributed by atoms with Crippen molar-refractivity contribution < 1.29 is 9.90 Å². The number of nitrogens with zero attached hydrogens (tertiary/aromatic N) is 1. The summed E-state index contributed by atoms with van der Waals surface area (Å²) >= 11 is 0. The molecular formula is C26H33NO2. The van der Waals surface area contributed by atoms with Gasteiger partial charge in [-0.1, -0.05) is 42.5 Å². The fourth-order valence-corrected chi connectivity index (χ4v) is 5.42. The maximum Gasteiger partial charge on any atom is 0.306 e. The predicted octanol–water partition coefficient (Wildman–Crippen LogP) is 6.16. The van der Waals surface area contributed by atoms with Gasteiger partial charge in [-0.25, -0.2) is 0 Å². The van der Waals surface area contributed by atoms with Crippen LogP contribution in [0.1, 0.15) is 50.5 Å². The summed E-state index contributed by atoms with van der Waals surface area (Å²) in [6.45, 7) is 4.52. The quantitative estimate of drug-likeness (QED) is 0.663. The minimum Gasteiger partial charge on any atom is -0.481 e. The SMILES string of the molecule is Cc1c(-c2ccccc2)cccc1N1CCC(CC2CCC(C(=O)O)CC2)CC1. The topological polar surface area (TPSA) is 40.5 Å². The van der Waals surface area contributed by atoms with Gasteiger partial charge in [0.05, 0.1) is 5.92 Å². The van der Waals surface area contributed by atoms with Crippen molar-refractivity contribution in [1.29, 1.82) is 0 Å². The van der Waals surface area contributed by atoms with E-state index in [4.69, 9.17) is 0 Å². The van der Waals surface area contributed by atoms with E-state index in [1.54, 1.807) is 0 Å². The van der Waals surface area contributed by atoms with Gasteiger partial charge in [0.25, 0.3) is 0 Å². The third-order valence-corrected chi connectivity index (χ3v) is 7.21. The summed E-state index contributed by atoms with van der Waals surface area (Å²) in [5.74, 6) is 0.860. The molecule has 29 heavy (non-hydrogen) atoms. The first kappa shape index (κ1) is 20.0. The van der Waals surface area contributed by atoms with Crippen molar-refractivity contribution >= 4 is 11.7 Å². The minimum absolute atomic E-state index is 0.0898. The summed E-state index contributed by atoms with van der Waals surface area (Å²) in [5.41, 5.74) is 5.38. The van der Waals surface area contributed by atoms with Crippen LogP contribution in [0.25, 0.3) is 11.1 Å². The Labute approximate surface area is 174 Å². The van der Waals surface area contributed by atoms with E-state index in [9.17, 15) is 9.90 Å². The maximum absolute atomic E-state index is 11.2. The number of carboxylic acid groups (broad SMARTS) is 1. The Hall–Kier alpha value is -2.29. The number of carboxylic acids is 1. The molecule has 1 saturated carbocycles. The molecule has 1 aliphatic carbocycles. The highest BCUT2D eigenvalue weighted by Crippen LogP contribution is 2.37. The number of piperidine rings is 1. The van der Waals surface area contributed by atoms with Crippen LogP contribution in [0.4, 0.5) is 5.69 Å². The third-order valence-electron chi connectivity index (χ3n) is 7.21. The lowest BCUT2D eigenvalue weighted by Gasteiger charge is -2.37. The summed E-state index contributed by atoms with van der Waals surface area (Å²) in [7, 11) is 0. The lowest BCUT2D eigenvalue weighted by Crippen LogP contribution is -2.35. The summed E-state index contributed by atoms with van der Waals surface area (Å²) in [5, 5.41) is 9.19. The van der Waals surface area contributed by atoms with Crippen molar-refractivity contribution in [3.8, 4) is 11.1 Å². The number of rotatable bonds is 5. The molecule has 1 aliphatic heterocycles. The summed E-state index contributed by atoms with van der Waals surface area (Å²) in [6, 6.07) is 17.4. The number of hydrogen-bond acceptors (Lipinski definition) is 2. The molecule has 2 aromatic carbocycles. The van der Waals surface area contributed by atoms with Crippen LogP contribution in [0.3, 0.4) is 0 Å². The molecule has 0 radical (unpaired) electrons. The summed E-state index contributed by atoms with van der Waals surface area (Å²) in [6.07, 6.45) is 7.78. The van der Waals surface area contributed by atoms with Crippen LogP contribution in [0.2, 0.25) is 0 Å². The minimum atomic E-state index is -0.593. The summed E-state index contributed by atoms with van der Waals surface area (Å²) < 4.78 is 0. The molecule has 0 spiro atoms. The van der Waals surface area contributed by atoms with E-state index >= 15 is 0 Å². The monoisotopic (exact) mass is 391 g/mol. The number of benzene rings is 2. The molecule has 1 heterocycles. The van der Waals surface area contributed by atoms with Gasteiger partial charge >= 0.3 is 5.97 Å². The van der Waals surface area contributed by atoms with Crippen molar-refractivity contribution in [2.45, 2.75) is 51.9 Å². The number of anilines is 1. The smallest absolute Gasteiger partial charge is 0.306 e. The average molecular weight is 392 g/mol. The maximum atomic E-state index is 11.2. The van der Waals surface area contributed by atoms with Gasteiger partial charge < -0.3 is 10.0 Å². The van der Waals surface area contributed by atoms with Gasteiger partial charge in [0.15, 0.2) is 0 Å². The first-order valence-electron chi connectivity index (χ1n) is 11.2. The Bertz CT molecular complexity index is 816. The van der Waals surface area contributed by atoms with Crippen molar-refractivity contribution in [1.82, 2.24) is 0 Å². The van der Waals surface area contributed by atoms with E-state index in [0.29, 0.717) is 0 Å². The Balaban J connectivity index is 1.34. The zero-order chi connectivity index (χ0) is 20.2. The second kappa shape index (κ2) is 9.02. The standard InChI is InChI=1S/C26H33NO2/c1-19-24(22-6-3-2-4-7-22)8-5-9-25(19)27-16-14-21(15-17-27)18-20-10-12-23(13-11-20)26(28)29/h2-9,20-21,23H,10-18H2,1H3,(H,28,29). The Morgan fingerprint density at radius 1 is 0.897 bits per heavy atom. The molecule has 2 aromatic rings. The van der Waals surface area contributed by atoms with Crippen LogP contribution in [-0.2, 0) is 4.79 Å². The van der Waals surface area contributed by atoms with E-state index in [1.165, 1.54) is 41.6 Å². The van der Waals surface area contributed by atoms with Gasteiger partial charge in [-0.15, -0.1) is 0 Å². The van der Waals surface area contributed by atoms with E-state index in [1.807, 2.05) is 0 Å². The zero-order valence-electron chi connectivity index (χ0n) is 17.5. The predicted molar refractivity (Wildman–Crippen MR) is 119 cm³/mol. The Kier molecular flexibility index (Phi) is 6.22. The van der Waals surface area contributed by atoms with Gasteiger partial charge in [0.2, 0.25) is 0 Å². The molecule has 0 unspecified atom stereocenters. The normalized spacial score (nSPS) is 23.1. The molecule has 3 nitrogen and oxygen atoms in total. The molecule has 3 heteroatoms. The molecular weight excluding hydrogens is 358 g/mol. The van der Waals surface area contributed by atoms with E-state index in [2.05, 4.69) is 60.4 Å². The molecule has 1 saturated heterocycles. The van der Waals surface area contributed by atoms with Gasteiger partial charge in [-0.3, -0.25) is 4.79 Å². The van der Waals surface area contributed by atoms with E-state index < -0.39 is 5.97 Å². The second-order valence-corrected chi connectivity index (χ2v) is 9.04. The highest BCUT2D eigenvalue weighted by molar-refractivity contribution is 5.74. The molecule has 1 N–H and O–H groups in total. The first-order valence-corrected chi connectivity index (χ1v) is 11.2. The van der Waals surface area contributed by atoms with Crippen LogP contribution >= 0.6 is 0 Å². The van der Waals surface area contributed by atoms with Crippen LogP contribution in [-0.4, -0.2) is 24.2 Å². The molecule has 154 valence electrons. The van der Waals surface area contributed by atoms with Crippen molar-refractivity contribution in [2.24, 2.45) is 17.8 Å². The van der Waals surface area contributed by atoms with Gasteiger partial charge in [0.1, 0.15) is 0 Å². The third kappa shape index (κ3) is 4.66. The molecule has 0 atom stereocenters. The van der Waals surface area contributed by atoms with Gasteiger partial charge in [-0.2, -0.15) is 0 Å². The zero-order valence-corrected chi connectivity index (χ0v) is 17.5. The number of aliphatic carboxylic acids is 1. The highest BCUT2D eigenvalue weighted by Gasteiger charge is 2.29. The largest absolute Gasteiger partial charge is 0.481 e. The van der Waals surface area contributed by atoms with Crippen LogP contribution in [0.5, 0.6) is 0 Å². The van der Waals surface area contributed by atoms with Crippen molar-refractivity contribution in [3.63, 3.8) is 0 Å². The lowest BCUT2D eigenvalue weighted by atomic mass is 9.76. The van der Waals surface area contributed by atoms with Crippen LogP contribution < -0.4 is 4.90 Å². The molecule has 2 fully saturated rings. The van der Waals surface area contributed by atoms with Gasteiger partial charge in [0, 0.05) is 18.8 Å². The van der Waals surface area contributed by atoms with Crippen molar-refractivity contribution in [3.05, 3.63) is 54.1 Å². The molecule has 4 rings (SSSR count). The number of hydrogen-bond donors (Lipinski definition) is 1. The molecule has 0 aromatic heterocycles. The lowest BCUT2D eigenvalue weighted by molar-refractivity contribution is -0.143.